The van der Waals surface area contributed by atoms with Gasteiger partial charge in [-0.15, -0.1) is 11.3 Å². The molecule has 5 heteroatoms. The van der Waals surface area contributed by atoms with Crippen LogP contribution in [0.1, 0.15) is 22.9 Å². The van der Waals surface area contributed by atoms with Crippen LogP contribution in [0, 0.1) is 0 Å². The number of benzene rings is 1. The third-order valence-electron chi connectivity index (χ3n) is 4.57. The van der Waals surface area contributed by atoms with Crippen molar-refractivity contribution in [2.75, 3.05) is 19.6 Å². The third kappa shape index (κ3) is 4.58. The Labute approximate surface area is 148 Å². The Balaban J connectivity index is 1.43. The second kappa shape index (κ2) is 8.31. The van der Waals surface area contributed by atoms with E-state index in [0.29, 0.717) is 12.0 Å². The minimum absolute atomic E-state index is 0.399. The van der Waals surface area contributed by atoms with Gasteiger partial charge in [0.1, 0.15) is 0 Å². The molecule has 0 amide bonds. The second-order valence-electron chi connectivity index (χ2n) is 6.32. The monoisotopic (exact) mass is 342 g/mol. The summed E-state index contributed by atoms with van der Waals surface area (Å²) in [5.41, 5.74) is 8.92. The number of nitrogens with one attached hydrogen (secondary N) is 1. The lowest BCUT2D eigenvalue weighted by molar-refractivity contribution is 0.195. The van der Waals surface area contributed by atoms with Crippen molar-refractivity contribution in [1.82, 2.24) is 10.2 Å². The van der Waals surface area contributed by atoms with Crippen LogP contribution in [0.4, 0.5) is 0 Å². The van der Waals surface area contributed by atoms with E-state index in [4.69, 9.17) is 5.73 Å². The lowest BCUT2D eigenvalue weighted by Gasteiger charge is -2.33. The van der Waals surface area contributed by atoms with Crippen LogP contribution in [-0.2, 0) is 19.4 Å². The predicted molar refractivity (Wildman–Crippen MR) is 103 cm³/mol. The van der Waals surface area contributed by atoms with Crippen molar-refractivity contribution in [3.8, 4) is 0 Å². The summed E-state index contributed by atoms with van der Waals surface area (Å²) in [5, 5.41) is 5.31. The van der Waals surface area contributed by atoms with Crippen molar-refractivity contribution in [2.45, 2.75) is 32.4 Å². The summed E-state index contributed by atoms with van der Waals surface area (Å²) in [4.78, 5) is 8.38. The van der Waals surface area contributed by atoms with Crippen LogP contribution in [0.5, 0.6) is 0 Å². The van der Waals surface area contributed by atoms with Crippen molar-refractivity contribution in [3.05, 3.63) is 57.8 Å². The standard InChI is InChI=1S/C19H26N4S/c1-15(23-11-9-16-5-2-3-6-17(16)14-23)13-22-19(20)21-10-8-18-7-4-12-24-18/h2-7,12,15H,8-11,13-14H2,1H3,(H3,20,21,22). The number of guanidine groups is 1. The lowest BCUT2D eigenvalue weighted by Crippen LogP contribution is -2.40. The molecular weight excluding hydrogens is 316 g/mol. The quantitative estimate of drug-likeness (QED) is 0.627. The van der Waals surface area contributed by atoms with Gasteiger partial charge >= 0.3 is 0 Å². The third-order valence-corrected chi connectivity index (χ3v) is 5.50. The average Bonchev–Trinajstić information content (AvgIpc) is 3.12. The van der Waals surface area contributed by atoms with E-state index in [-0.39, 0.29) is 0 Å². The molecule has 3 rings (SSSR count). The molecule has 0 saturated carbocycles. The van der Waals surface area contributed by atoms with Crippen molar-refractivity contribution < 1.29 is 0 Å². The van der Waals surface area contributed by atoms with Crippen molar-refractivity contribution in [2.24, 2.45) is 10.7 Å². The minimum Gasteiger partial charge on any atom is -0.370 e. The van der Waals surface area contributed by atoms with Crippen molar-refractivity contribution >= 4 is 17.3 Å². The first kappa shape index (κ1) is 17.0. The topological polar surface area (TPSA) is 53.6 Å². The maximum absolute atomic E-state index is 5.99. The summed E-state index contributed by atoms with van der Waals surface area (Å²) in [7, 11) is 0. The molecule has 128 valence electrons. The molecule has 0 fully saturated rings. The van der Waals surface area contributed by atoms with Gasteiger partial charge in [-0.3, -0.25) is 9.89 Å². The normalized spacial score (nSPS) is 16.6. The fourth-order valence-corrected chi connectivity index (χ4v) is 3.77. The summed E-state index contributed by atoms with van der Waals surface area (Å²) < 4.78 is 0. The largest absolute Gasteiger partial charge is 0.370 e. The summed E-state index contributed by atoms with van der Waals surface area (Å²) in [6.45, 7) is 5.91. The van der Waals surface area contributed by atoms with Gasteiger partial charge in [0.2, 0.25) is 0 Å². The van der Waals surface area contributed by atoms with Crippen LogP contribution in [0.25, 0.3) is 0 Å². The minimum atomic E-state index is 0.399. The molecule has 1 aromatic carbocycles. The fourth-order valence-electron chi connectivity index (χ4n) is 3.06. The van der Waals surface area contributed by atoms with Gasteiger partial charge in [0.05, 0.1) is 6.54 Å². The molecule has 0 spiro atoms. The number of fused-ring (bicyclic) bond motifs is 1. The second-order valence-corrected chi connectivity index (χ2v) is 7.35. The van der Waals surface area contributed by atoms with Crippen LogP contribution in [-0.4, -0.2) is 36.5 Å². The van der Waals surface area contributed by atoms with Gasteiger partial charge in [-0.05, 0) is 42.3 Å². The van der Waals surface area contributed by atoms with Crippen LogP contribution in [0.15, 0.2) is 46.8 Å². The number of rotatable bonds is 6. The van der Waals surface area contributed by atoms with E-state index < -0.39 is 0 Å². The van der Waals surface area contributed by atoms with Gasteiger partial charge in [-0.1, -0.05) is 30.3 Å². The molecular formula is C19H26N4S. The van der Waals surface area contributed by atoms with Crippen molar-refractivity contribution in [1.29, 1.82) is 0 Å². The van der Waals surface area contributed by atoms with E-state index in [1.165, 1.54) is 16.0 Å². The Morgan fingerprint density at radius 2 is 2.12 bits per heavy atom. The smallest absolute Gasteiger partial charge is 0.188 e. The number of hydrogen-bond acceptors (Lipinski definition) is 3. The Morgan fingerprint density at radius 1 is 1.29 bits per heavy atom. The van der Waals surface area contributed by atoms with E-state index in [2.05, 4.69) is 63.9 Å². The Bertz CT molecular complexity index is 666. The molecule has 1 atom stereocenters. The molecule has 0 bridgehead atoms. The molecule has 24 heavy (non-hydrogen) atoms. The first-order valence-corrected chi connectivity index (χ1v) is 9.47. The number of hydrogen-bond donors (Lipinski definition) is 2. The summed E-state index contributed by atoms with van der Waals surface area (Å²) >= 11 is 1.78. The molecule has 0 aliphatic carbocycles. The Morgan fingerprint density at radius 3 is 2.92 bits per heavy atom. The van der Waals surface area contributed by atoms with E-state index >= 15 is 0 Å². The van der Waals surface area contributed by atoms with Crippen LogP contribution in [0.2, 0.25) is 0 Å². The van der Waals surface area contributed by atoms with Crippen LogP contribution < -0.4 is 11.1 Å². The van der Waals surface area contributed by atoms with E-state index in [1.807, 2.05) is 0 Å². The highest BCUT2D eigenvalue weighted by Crippen LogP contribution is 2.20. The maximum atomic E-state index is 5.99. The lowest BCUT2D eigenvalue weighted by atomic mass is 9.99. The van der Waals surface area contributed by atoms with Gasteiger partial charge in [-0.25, -0.2) is 0 Å². The number of thiophene rings is 1. The van der Waals surface area contributed by atoms with Gasteiger partial charge in [0.15, 0.2) is 5.96 Å². The van der Waals surface area contributed by atoms with E-state index in [0.717, 1.165) is 39.0 Å². The van der Waals surface area contributed by atoms with Crippen molar-refractivity contribution in [3.63, 3.8) is 0 Å². The van der Waals surface area contributed by atoms with Crippen LogP contribution in [0.3, 0.4) is 0 Å². The Kier molecular flexibility index (Phi) is 5.88. The molecule has 3 N–H and O–H groups in total. The molecule has 2 heterocycles. The number of aliphatic imine (C=N–C) groups is 1. The Hall–Kier alpha value is -1.85. The molecule has 1 aliphatic rings. The molecule has 2 aromatic rings. The van der Waals surface area contributed by atoms with Gasteiger partial charge in [0, 0.05) is 30.6 Å². The fraction of sp³-hybridized carbons (Fsp3) is 0.421. The SMILES string of the molecule is CC(CN=C(N)NCCc1cccs1)N1CCc2ccccc2C1. The van der Waals surface area contributed by atoms with Crippen LogP contribution >= 0.6 is 11.3 Å². The molecule has 0 radical (unpaired) electrons. The molecule has 1 aliphatic heterocycles. The van der Waals surface area contributed by atoms with E-state index in [9.17, 15) is 0 Å². The zero-order chi connectivity index (χ0) is 16.8. The zero-order valence-corrected chi connectivity index (χ0v) is 15.1. The highest BCUT2D eigenvalue weighted by atomic mass is 32.1. The van der Waals surface area contributed by atoms with Gasteiger partial charge in [-0.2, -0.15) is 0 Å². The highest BCUT2D eigenvalue weighted by molar-refractivity contribution is 7.09. The molecule has 0 saturated heterocycles. The van der Waals surface area contributed by atoms with Gasteiger partial charge < -0.3 is 11.1 Å². The van der Waals surface area contributed by atoms with Gasteiger partial charge in [0.25, 0.3) is 0 Å². The zero-order valence-electron chi connectivity index (χ0n) is 14.2. The first-order chi connectivity index (χ1) is 11.7. The summed E-state index contributed by atoms with van der Waals surface area (Å²) in [5.74, 6) is 0.552. The number of nitrogens with zero attached hydrogens (tertiary/aromatic N) is 2. The number of nitrogens with two attached hydrogens (primary N) is 1. The summed E-state index contributed by atoms with van der Waals surface area (Å²) in [6.07, 6.45) is 2.12. The molecule has 1 aromatic heterocycles. The van der Waals surface area contributed by atoms with E-state index in [1.54, 1.807) is 11.3 Å². The molecule has 1 unspecified atom stereocenters. The molecule has 4 nitrogen and oxygen atoms in total. The first-order valence-electron chi connectivity index (χ1n) is 8.59. The average molecular weight is 343 g/mol. The maximum Gasteiger partial charge on any atom is 0.188 e. The summed E-state index contributed by atoms with van der Waals surface area (Å²) in [6, 6.07) is 13.4. The highest BCUT2D eigenvalue weighted by Gasteiger charge is 2.19. The predicted octanol–water partition coefficient (Wildman–Crippen LogP) is 2.64.